The largest absolute Gasteiger partial charge is 0.501 e. The van der Waals surface area contributed by atoms with E-state index in [-0.39, 0.29) is 20.1 Å². The monoisotopic (exact) mass is 709 g/mol. The van der Waals surface area contributed by atoms with Crippen LogP contribution in [0.15, 0.2) is 126 Å². The Labute approximate surface area is 254 Å². The van der Waals surface area contributed by atoms with Crippen LogP contribution in [0.1, 0.15) is 18.1 Å². The first-order valence-corrected chi connectivity index (χ1v) is 13.5. The quantitative estimate of drug-likeness (QED) is 0.171. The van der Waals surface area contributed by atoms with Gasteiger partial charge in [-0.25, -0.2) is 0 Å². The summed E-state index contributed by atoms with van der Waals surface area (Å²) in [5.74, 6) is 0. The zero-order valence-corrected chi connectivity index (χ0v) is 25.3. The fourth-order valence-corrected chi connectivity index (χ4v) is 4.86. The number of hydrogen-bond acceptors (Lipinski definition) is 3. The second kappa shape index (κ2) is 12.9. The van der Waals surface area contributed by atoms with Crippen LogP contribution < -0.4 is 0 Å². The number of hydrogen-bond donors (Lipinski definition) is 0. The fraction of sp³-hybridized carbons (Fsp3) is 0.0811. The van der Waals surface area contributed by atoms with E-state index in [1.165, 1.54) is 16.7 Å². The molecule has 0 atom stereocenters. The van der Waals surface area contributed by atoms with Crippen LogP contribution in [0.5, 0.6) is 0 Å². The first kappa shape index (κ1) is 28.2. The summed E-state index contributed by atoms with van der Waals surface area (Å²) in [4.78, 5) is 9.08. The van der Waals surface area contributed by atoms with Crippen molar-refractivity contribution in [1.82, 2.24) is 9.97 Å². The van der Waals surface area contributed by atoms with Gasteiger partial charge in [-0.05, 0) is 47.5 Å². The summed E-state index contributed by atoms with van der Waals surface area (Å²) in [5.41, 5.74) is 10.5. The van der Waals surface area contributed by atoms with Gasteiger partial charge in [0, 0.05) is 43.4 Å². The third-order valence-corrected chi connectivity index (χ3v) is 6.95. The summed E-state index contributed by atoms with van der Waals surface area (Å²) >= 11 is 0. The molecular weight excluding hydrogens is 681 g/mol. The Hall–Kier alpha value is -4.37. The maximum atomic E-state index is 6.00. The molecule has 7 aromatic rings. The number of aromatic nitrogens is 2. The molecule has 3 aromatic heterocycles. The summed E-state index contributed by atoms with van der Waals surface area (Å²) < 4.78 is 6.00. The van der Waals surface area contributed by atoms with Gasteiger partial charge in [0.15, 0.2) is 0 Å². The second-order valence-electron chi connectivity index (χ2n) is 9.64. The van der Waals surface area contributed by atoms with Crippen molar-refractivity contribution in [3.63, 3.8) is 0 Å². The van der Waals surface area contributed by atoms with Crippen molar-refractivity contribution in [2.45, 2.75) is 20.3 Å². The summed E-state index contributed by atoms with van der Waals surface area (Å²) in [7, 11) is 0. The maximum absolute atomic E-state index is 6.00. The number of aryl methyl sites for hydroxylation is 2. The first-order valence-electron chi connectivity index (χ1n) is 13.5. The maximum Gasteiger partial charge on any atom is 0.120 e. The van der Waals surface area contributed by atoms with Gasteiger partial charge in [-0.1, -0.05) is 84.6 Å². The summed E-state index contributed by atoms with van der Waals surface area (Å²) in [5, 5.41) is 2.24. The van der Waals surface area contributed by atoms with E-state index in [9.17, 15) is 0 Å². The number of para-hydroxylation sites is 1. The van der Waals surface area contributed by atoms with Crippen LogP contribution >= 0.6 is 0 Å². The van der Waals surface area contributed by atoms with E-state index < -0.39 is 0 Å². The number of benzene rings is 4. The van der Waals surface area contributed by atoms with E-state index in [0.717, 1.165) is 56.4 Å². The Kier molecular flexibility index (Phi) is 8.84. The molecule has 0 bridgehead atoms. The van der Waals surface area contributed by atoms with Crippen molar-refractivity contribution in [3.8, 4) is 33.6 Å². The van der Waals surface area contributed by atoms with Gasteiger partial charge in [-0.3, -0.25) is 0 Å². The standard InChI is InChI=1S/C19H16N.C18H12NO.Ir/c1-2-15-13-19(17-11-7-4-8-12-17)20-14-18(15)16-9-5-3-6-10-16;1-12-9-10-16(19-11-12)15-7-4-6-14-13-5-2-3-8-17(13)20-18(14)15;/h3-11,13-14H,2H2,1H3;2-6,8-11H,1H3;/q2*-1;. The van der Waals surface area contributed by atoms with Crippen LogP contribution in [-0.4, -0.2) is 9.97 Å². The number of pyridine rings is 2. The predicted octanol–water partition coefficient (Wildman–Crippen LogP) is 9.53. The van der Waals surface area contributed by atoms with Gasteiger partial charge < -0.3 is 14.4 Å². The van der Waals surface area contributed by atoms with Gasteiger partial charge in [-0.2, -0.15) is 0 Å². The molecule has 3 heterocycles. The van der Waals surface area contributed by atoms with Crippen molar-refractivity contribution in [2.24, 2.45) is 0 Å². The number of nitrogens with zero attached hydrogens (tertiary/aromatic N) is 2. The molecule has 0 spiro atoms. The molecule has 0 amide bonds. The van der Waals surface area contributed by atoms with Gasteiger partial charge >= 0.3 is 0 Å². The second-order valence-corrected chi connectivity index (χ2v) is 9.64. The zero-order chi connectivity index (χ0) is 27.3. The van der Waals surface area contributed by atoms with Crippen LogP contribution in [0.3, 0.4) is 0 Å². The Morgan fingerprint density at radius 2 is 1.49 bits per heavy atom. The molecule has 4 heteroatoms. The van der Waals surface area contributed by atoms with E-state index >= 15 is 0 Å². The molecule has 0 saturated carbocycles. The minimum absolute atomic E-state index is 0. The summed E-state index contributed by atoms with van der Waals surface area (Å²) in [6.07, 6.45) is 4.83. The molecular formula is C37H28IrN2O-2. The molecule has 0 N–H and O–H groups in total. The molecule has 0 aliphatic heterocycles. The van der Waals surface area contributed by atoms with Crippen LogP contribution in [0, 0.1) is 19.1 Å². The normalized spacial score (nSPS) is 10.6. The van der Waals surface area contributed by atoms with Gasteiger partial charge in [0.05, 0.1) is 5.58 Å². The number of rotatable bonds is 4. The molecule has 41 heavy (non-hydrogen) atoms. The molecule has 0 saturated heterocycles. The molecule has 3 nitrogen and oxygen atoms in total. The third kappa shape index (κ3) is 6.05. The topological polar surface area (TPSA) is 38.9 Å². The van der Waals surface area contributed by atoms with Crippen LogP contribution in [-0.2, 0) is 26.5 Å². The van der Waals surface area contributed by atoms with Gasteiger partial charge in [0.1, 0.15) is 5.58 Å². The molecule has 0 unspecified atom stereocenters. The molecule has 0 aliphatic carbocycles. The van der Waals surface area contributed by atoms with E-state index in [1.54, 1.807) is 0 Å². The number of fused-ring (bicyclic) bond motifs is 3. The molecule has 0 fully saturated rings. The minimum Gasteiger partial charge on any atom is -0.501 e. The molecule has 1 radical (unpaired) electrons. The van der Waals surface area contributed by atoms with E-state index in [2.05, 4.69) is 71.5 Å². The van der Waals surface area contributed by atoms with E-state index in [1.807, 2.05) is 86.0 Å². The van der Waals surface area contributed by atoms with Crippen molar-refractivity contribution in [2.75, 3.05) is 0 Å². The first-order chi connectivity index (χ1) is 19.7. The smallest absolute Gasteiger partial charge is 0.120 e. The van der Waals surface area contributed by atoms with Gasteiger partial charge in [0.2, 0.25) is 0 Å². The Bertz CT molecular complexity index is 1880. The molecule has 203 valence electrons. The van der Waals surface area contributed by atoms with E-state index in [4.69, 9.17) is 4.42 Å². The van der Waals surface area contributed by atoms with Crippen LogP contribution in [0.2, 0.25) is 0 Å². The third-order valence-electron chi connectivity index (χ3n) is 6.95. The Balaban J connectivity index is 0.000000161. The van der Waals surface area contributed by atoms with Crippen LogP contribution in [0.4, 0.5) is 0 Å². The SMILES string of the molecule is CCc1cc(-c2[c-]cccc2)ncc1-c1ccccc1.Cc1ccc(-c2[c-]ccc3c2oc2ccccc23)nc1.[Ir]. The average molecular weight is 709 g/mol. The molecule has 0 aliphatic rings. The zero-order valence-electron chi connectivity index (χ0n) is 22.9. The van der Waals surface area contributed by atoms with Crippen molar-refractivity contribution in [3.05, 3.63) is 145 Å². The average Bonchev–Trinajstić information content (AvgIpc) is 3.41. The van der Waals surface area contributed by atoms with Crippen molar-refractivity contribution in [1.29, 1.82) is 0 Å². The van der Waals surface area contributed by atoms with Gasteiger partial charge in [-0.15, -0.1) is 54.1 Å². The van der Waals surface area contributed by atoms with Crippen molar-refractivity contribution < 1.29 is 24.5 Å². The fourth-order valence-electron chi connectivity index (χ4n) is 4.86. The molecule has 4 aromatic carbocycles. The Morgan fingerprint density at radius 3 is 2.24 bits per heavy atom. The molecule has 7 rings (SSSR count). The predicted molar refractivity (Wildman–Crippen MR) is 164 cm³/mol. The number of furan rings is 1. The Morgan fingerprint density at radius 1 is 0.707 bits per heavy atom. The summed E-state index contributed by atoms with van der Waals surface area (Å²) in [6, 6.07) is 43.2. The van der Waals surface area contributed by atoms with Gasteiger partial charge in [0.25, 0.3) is 0 Å². The minimum atomic E-state index is 0. The van der Waals surface area contributed by atoms with Crippen LogP contribution in [0.25, 0.3) is 55.6 Å². The van der Waals surface area contributed by atoms with Crippen molar-refractivity contribution >= 4 is 21.9 Å². The van der Waals surface area contributed by atoms with E-state index in [0.29, 0.717) is 0 Å². The summed E-state index contributed by atoms with van der Waals surface area (Å²) in [6.45, 7) is 4.21.